The second kappa shape index (κ2) is 4.55. The van der Waals surface area contributed by atoms with E-state index in [1.807, 2.05) is 11.7 Å². The first-order chi connectivity index (χ1) is 9.68. The van der Waals surface area contributed by atoms with E-state index in [1.54, 1.807) is 0 Å². The quantitative estimate of drug-likeness (QED) is 0.913. The van der Waals surface area contributed by atoms with Gasteiger partial charge in [-0.05, 0) is 63.3 Å². The third-order valence-electron chi connectivity index (χ3n) is 5.96. The van der Waals surface area contributed by atoms with Crippen molar-refractivity contribution in [2.24, 2.45) is 24.8 Å². The fourth-order valence-electron chi connectivity index (χ4n) is 5.48. The van der Waals surface area contributed by atoms with Crippen molar-refractivity contribution >= 4 is 0 Å². The highest BCUT2D eigenvalue weighted by molar-refractivity contribution is 5.17. The van der Waals surface area contributed by atoms with Gasteiger partial charge in [0.25, 0.3) is 0 Å². The molecule has 0 saturated heterocycles. The number of aromatic nitrogens is 3. The molecule has 4 nitrogen and oxygen atoms in total. The number of likely N-dealkylation sites (N-methyl/N-ethyl adjacent to an activating group) is 1. The lowest BCUT2D eigenvalue weighted by atomic mass is 9.49. The van der Waals surface area contributed by atoms with Gasteiger partial charge >= 0.3 is 0 Å². The Morgan fingerprint density at radius 1 is 1.15 bits per heavy atom. The molecule has 4 fully saturated rings. The highest BCUT2D eigenvalue weighted by atomic mass is 15.3. The van der Waals surface area contributed by atoms with E-state index in [-0.39, 0.29) is 0 Å². The SMILES string of the molecule is CNCCc1nc(C23CC4CC(CC(C4)C2)C3)nn1C. The largest absolute Gasteiger partial charge is 0.319 e. The standard InChI is InChI=1S/C16H26N4/c1-17-4-3-14-18-15(19-20(14)2)16-8-11-5-12(9-16)7-13(6-11)10-16/h11-13,17H,3-10H2,1-2H3. The van der Waals surface area contributed by atoms with E-state index in [0.717, 1.165) is 36.5 Å². The normalized spacial score (nSPS) is 38.6. The molecule has 1 heterocycles. The minimum absolute atomic E-state index is 0.338. The summed E-state index contributed by atoms with van der Waals surface area (Å²) in [6, 6.07) is 0. The maximum atomic E-state index is 4.95. The van der Waals surface area contributed by atoms with Crippen LogP contribution in [0.1, 0.15) is 50.2 Å². The summed E-state index contributed by atoms with van der Waals surface area (Å²) in [5.41, 5.74) is 0.338. The van der Waals surface area contributed by atoms with E-state index < -0.39 is 0 Å². The topological polar surface area (TPSA) is 42.7 Å². The molecule has 0 radical (unpaired) electrons. The highest BCUT2D eigenvalue weighted by Gasteiger charge is 2.53. The zero-order valence-corrected chi connectivity index (χ0v) is 12.7. The van der Waals surface area contributed by atoms with E-state index in [9.17, 15) is 0 Å². The predicted octanol–water partition coefficient (Wildman–Crippen LogP) is 2.04. The van der Waals surface area contributed by atoms with Gasteiger partial charge in [0, 0.05) is 25.4 Å². The summed E-state index contributed by atoms with van der Waals surface area (Å²) >= 11 is 0. The highest BCUT2D eigenvalue weighted by Crippen LogP contribution is 2.60. The van der Waals surface area contributed by atoms with Crippen molar-refractivity contribution in [1.29, 1.82) is 0 Å². The predicted molar refractivity (Wildman–Crippen MR) is 78.5 cm³/mol. The Bertz CT molecular complexity index is 469. The van der Waals surface area contributed by atoms with E-state index in [0.29, 0.717) is 5.41 Å². The fraction of sp³-hybridized carbons (Fsp3) is 0.875. The van der Waals surface area contributed by atoms with Gasteiger partial charge in [-0.1, -0.05) is 0 Å². The van der Waals surface area contributed by atoms with Crippen molar-refractivity contribution in [2.75, 3.05) is 13.6 Å². The molecule has 20 heavy (non-hydrogen) atoms. The molecular formula is C16H26N4. The molecule has 0 unspecified atom stereocenters. The maximum absolute atomic E-state index is 4.95. The summed E-state index contributed by atoms with van der Waals surface area (Å²) in [5.74, 6) is 5.21. The second-order valence-electron chi connectivity index (χ2n) is 7.53. The van der Waals surface area contributed by atoms with Crippen LogP contribution in [0, 0.1) is 17.8 Å². The van der Waals surface area contributed by atoms with Gasteiger partial charge in [-0.2, -0.15) is 5.10 Å². The van der Waals surface area contributed by atoms with Crippen LogP contribution in [0.2, 0.25) is 0 Å². The van der Waals surface area contributed by atoms with Crippen LogP contribution in [0.3, 0.4) is 0 Å². The van der Waals surface area contributed by atoms with Crippen LogP contribution < -0.4 is 5.32 Å². The summed E-state index contributed by atoms with van der Waals surface area (Å²) in [6.45, 7) is 0.979. The van der Waals surface area contributed by atoms with E-state index in [1.165, 1.54) is 44.3 Å². The molecule has 0 aliphatic heterocycles. The monoisotopic (exact) mass is 274 g/mol. The molecule has 4 bridgehead atoms. The van der Waals surface area contributed by atoms with Crippen molar-refractivity contribution in [3.63, 3.8) is 0 Å². The second-order valence-corrected chi connectivity index (χ2v) is 7.53. The Labute approximate surface area is 121 Å². The van der Waals surface area contributed by atoms with Crippen LogP contribution in [-0.4, -0.2) is 28.4 Å². The first-order valence-electron chi connectivity index (χ1n) is 8.23. The Balaban J connectivity index is 1.63. The Morgan fingerprint density at radius 3 is 2.30 bits per heavy atom. The first kappa shape index (κ1) is 12.8. The van der Waals surface area contributed by atoms with E-state index >= 15 is 0 Å². The first-order valence-corrected chi connectivity index (χ1v) is 8.23. The van der Waals surface area contributed by atoms with Gasteiger partial charge < -0.3 is 5.32 Å². The summed E-state index contributed by atoms with van der Waals surface area (Å²) < 4.78 is 2.02. The zero-order chi connectivity index (χ0) is 13.7. The molecular weight excluding hydrogens is 248 g/mol. The summed E-state index contributed by atoms with van der Waals surface area (Å²) in [7, 11) is 4.05. The van der Waals surface area contributed by atoms with Crippen LogP contribution in [0.5, 0.6) is 0 Å². The third kappa shape index (κ3) is 1.92. The molecule has 1 N–H and O–H groups in total. The van der Waals surface area contributed by atoms with Crippen molar-refractivity contribution in [3.8, 4) is 0 Å². The molecule has 0 atom stereocenters. The molecule has 4 saturated carbocycles. The molecule has 0 aromatic carbocycles. The van der Waals surface area contributed by atoms with Gasteiger partial charge in [-0.3, -0.25) is 4.68 Å². The van der Waals surface area contributed by atoms with Crippen LogP contribution >= 0.6 is 0 Å². The average Bonchev–Trinajstić information content (AvgIpc) is 2.77. The van der Waals surface area contributed by atoms with Gasteiger partial charge in [0.05, 0.1) is 0 Å². The maximum Gasteiger partial charge on any atom is 0.157 e. The van der Waals surface area contributed by atoms with Gasteiger partial charge in [0.15, 0.2) is 5.82 Å². The van der Waals surface area contributed by atoms with Crippen molar-refractivity contribution < 1.29 is 0 Å². The summed E-state index contributed by atoms with van der Waals surface area (Å²) in [6.07, 6.45) is 9.50. The minimum atomic E-state index is 0.338. The smallest absolute Gasteiger partial charge is 0.157 e. The van der Waals surface area contributed by atoms with E-state index in [2.05, 4.69) is 12.4 Å². The van der Waals surface area contributed by atoms with Crippen molar-refractivity contribution in [1.82, 2.24) is 20.1 Å². The fourth-order valence-corrected chi connectivity index (χ4v) is 5.48. The van der Waals surface area contributed by atoms with Crippen molar-refractivity contribution in [3.05, 3.63) is 11.6 Å². The van der Waals surface area contributed by atoms with Gasteiger partial charge in [0.1, 0.15) is 5.82 Å². The molecule has 1 aromatic rings. The number of rotatable bonds is 4. The van der Waals surface area contributed by atoms with Gasteiger partial charge in [-0.15, -0.1) is 0 Å². The molecule has 4 heteroatoms. The lowest BCUT2D eigenvalue weighted by molar-refractivity contribution is -0.00942. The number of aryl methyl sites for hydroxylation is 1. The Kier molecular flexibility index (Phi) is 2.92. The van der Waals surface area contributed by atoms with E-state index in [4.69, 9.17) is 10.1 Å². The Morgan fingerprint density at radius 2 is 1.75 bits per heavy atom. The third-order valence-corrected chi connectivity index (χ3v) is 5.96. The Hall–Kier alpha value is -0.900. The summed E-state index contributed by atoms with van der Waals surface area (Å²) in [5, 5.41) is 8.04. The molecule has 0 amide bonds. The number of nitrogens with zero attached hydrogens (tertiary/aromatic N) is 3. The van der Waals surface area contributed by atoms with Crippen LogP contribution in [-0.2, 0) is 18.9 Å². The molecule has 1 aromatic heterocycles. The molecule has 4 aliphatic rings. The van der Waals surface area contributed by atoms with Gasteiger partial charge in [0.2, 0.25) is 0 Å². The number of hydrogen-bond donors (Lipinski definition) is 1. The molecule has 4 aliphatic carbocycles. The minimum Gasteiger partial charge on any atom is -0.319 e. The van der Waals surface area contributed by atoms with Crippen LogP contribution in [0.25, 0.3) is 0 Å². The lowest BCUT2D eigenvalue weighted by Gasteiger charge is -2.55. The van der Waals surface area contributed by atoms with Crippen LogP contribution in [0.4, 0.5) is 0 Å². The lowest BCUT2D eigenvalue weighted by Crippen LogP contribution is -2.49. The number of hydrogen-bond acceptors (Lipinski definition) is 3. The van der Waals surface area contributed by atoms with Crippen LogP contribution in [0.15, 0.2) is 0 Å². The summed E-state index contributed by atoms with van der Waals surface area (Å²) in [4.78, 5) is 4.95. The molecule has 5 rings (SSSR count). The zero-order valence-electron chi connectivity index (χ0n) is 12.7. The number of nitrogens with one attached hydrogen (secondary N) is 1. The molecule has 110 valence electrons. The average molecular weight is 274 g/mol. The van der Waals surface area contributed by atoms with Crippen molar-refractivity contribution in [2.45, 2.75) is 50.4 Å². The van der Waals surface area contributed by atoms with Gasteiger partial charge in [-0.25, -0.2) is 4.98 Å². The molecule has 0 spiro atoms.